The van der Waals surface area contributed by atoms with Gasteiger partial charge < -0.3 is 4.42 Å². The second kappa shape index (κ2) is 7.61. The lowest BCUT2D eigenvalue weighted by Crippen LogP contribution is -2.27. The minimum atomic E-state index is -0.117. The van der Waals surface area contributed by atoms with Crippen LogP contribution in [0.2, 0.25) is 5.02 Å². The molecule has 3 nitrogen and oxygen atoms in total. The molecule has 1 aromatic carbocycles. The Morgan fingerprint density at radius 3 is 2.75 bits per heavy atom. The molecular formula is C17H12ClNO2S3. The summed E-state index contributed by atoms with van der Waals surface area (Å²) in [5, 5.41) is 1.44. The largest absolute Gasteiger partial charge is 0.450 e. The minimum absolute atomic E-state index is 0.117. The van der Waals surface area contributed by atoms with E-state index in [4.69, 9.17) is 28.2 Å². The van der Waals surface area contributed by atoms with Crippen LogP contribution >= 0.6 is 47.3 Å². The zero-order chi connectivity index (χ0) is 17.1. The van der Waals surface area contributed by atoms with E-state index in [-0.39, 0.29) is 5.91 Å². The van der Waals surface area contributed by atoms with Gasteiger partial charge in [0.05, 0.1) is 4.91 Å². The Kier molecular flexibility index (Phi) is 5.50. The number of amides is 1. The quantitative estimate of drug-likeness (QED) is 0.382. The van der Waals surface area contributed by atoms with Crippen LogP contribution in [0, 0.1) is 0 Å². The van der Waals surface area contributed by atoms with Gasteiger partial charge >= 0.3 is 0 Å². The molecule has 1 saturated heterocycles. The predicted octanol–water partition coefficient (Wildman–Crippen LogP) is 5.47. The van der Waals surface area contributed by atoms with Gasteiger partial charge in [0, 0.05) is 22.5 Å². The lowest BCUT2D eigenvalue weighted by atomic mass is 10.3. The SMILES string of the molecule is C=CCN1C(=O)/C(=C\c2ccc(Sc3ccc(Cl)cc3)o2)SC1=S. The van der Waals surface area contributed by atoms with Gasteiger partial charge in [-0.15, -0.1) is 6.58 Å². The van der Waals surface area contributed by atoms with Crippen LogP contribution < -0.4 is 0 Å². The molecule has 0 N–H and O–H groups in total. The van der Waals surface area contributed by atoms with Gasteiger partial charge in [-0.1, -0.05) is 53.4 Å². The summed E-state index contributed by atoms with van der Waals surface area (Å²) in [4.78, 5) is 15.4. The third kappa shape index (κ3) is 3.95. The van der Waals surface area contributed by atoms with E-state index >= 15 is 0 Å². The zero-order valence-electron chi connectivity index (χ0n) is 12.4. The number of thiocarbonyl (C=S) groups is 1. The third-order valence-corrected chi connectivity index (χ3v) is 5.65. The summed E-state index contributed by atoms with van der Waals surface area (Å²) in [6, 6.07) is 11.2. The molecule has 0 saturated carbocycles. The van der Waals surface area contributed by atoms with Gasteiger partial charge in [0.15, 0.2) is 5.09 Å². The molecule has 122 valence electrons. The van der Waals surface area contributed by atoms with Crippen LogP contribution in [0.1, 0.15) is 5.76 Å². The Balaban J connectivity index is 1.74. The molecule has 24 heavy (non-hydrogen) atoms. The van der Waals surface area contributed by atoms with Crippen molar-refractivity contribution in [3.05, 3.63) is 64.7 Å². The zero-order valence-corrected chi connectivity index (χ0v) is 15.6. The molecule has 2 heterocycles. The Labute approximate surface area is 158 Å². The maximum absolute atomic E-state index is 12.3. The first-order chi connectivity index (χ1) is 11.6. The van der Waals surface area contributed by atoms with Crippen molar-refractivity contribution in [2.45, 2.75) is 9.99 Å². The maximum Gasteiger partial charge on any atom is 0.266 e. The normalized spacial score (nSPS) is 16.2. The average Bonchev–Trinajstić information content (AvgIpc) is 3.10. The number of carbonyl (C=O) groups is 1. The van der Waals surface area contributed by atoms with Crippen LogP contribution in [0.15, 0.2) is 68.4 Å². The molecule has 0 spiro atoms. The smallest absolute Gasteiger partial charge is 0.266 e. The van der Waals surface area contributed by atoms with Crippen LogP contribution in [-0.2, 0) is 4.79 Å². The Morgan fingerprint density at radius 2 is 2.04 bits per heavy atom. The second-order valence-electron chi connectivity index (χ2n) is 4.79. The maximum atomic E-state index is 12.3. The van der Waals surface area contributed by atoms with Gasteiger partial charge in [-0.25, -0.2) is 0 Å². The first-order valence-corrected chi connectivity index (χ1v) is 9.38. The van der Waals surface area contributed by atoms with E-state index in [0.29, 0.717) is 26.6 Å². The fraction of sp³-hybridized carbons (Fsp3) is 0.0588. The third-order valence-electron chi connectivity index (χ3n) is 3.09. The number of hydrogen-bond donors (Lipinski definition) is 0. The van der Waals surface area contributed by atoms with Gasteiger partial charge in [-0.05, 0) is 36.4 Å². The highest BCUT2D eigenvalue weighted by molar-refractivity contribution is 8.26. The number of nitrogens with zero attached hydrogens (tertiary/aromatic N) is 1. The summed E-state index contributed by atoms with van der Waals surface area (Å²) in [5.41, 5.74) is 0. The fourth-order valence-corrected chi connectivity index (χ4v) is 4.16. The number of thioether (sulfide) groups is 1. The predicted molar refractivity (Wildman–Crippen MR) is 104 cm³/mol. The number of furan rings is 1. The molecule has 1 amide bonds. The van der Waals surface area contributed by atoms with Crippen molar-refractivity contribution in [2.75, 3.05) is 6.54 Å². The Bertz CT molecular complexity index is 827. The Hall–Kier alpha value is -1.47. The highest BCUT2D eigenvalue weighted by atomic mass is 35.5. The number of benzene rings is 1. The van der Waals surface area contributed by atoms with Crippen molar-refractivity contribution in [3.8, 4) is 0 Å². The van der Waals surface area contributed by atoms with Crippen LogP contribution in [0.3, 0.4) is 0 Å². The van der Waals surface area contributed by atoms with Gasteiger partial charge in [0.25, 0.3) is 5.91 Å². The summed E-state index contributed by atoms with van der Waals surface area (Å²) >= 11 is 13.9. The molecule has 0 radical (unpaired) electrons. The summed E-state index contributed by atoms with van der Waals surface area (Å²) in [6.07, 6.45) is 3.37. The van der Waals surface area contributed by atoms with Gasteiger partial charge in [-0.3, -0.25) is 9.69 Å². The highest BCUT2D eigenvalue weighted by Crippen LogP contribution is 2.34. The van der Waals surface area contributed by atoms with E-state index in [1.807, 2.05) is 36.4 Å². The first-order valence-electron chi connectivity index (χ1n) is 6.96. The highest BCUT2D eigenvalue weighted by Gasteiger charge is 2.31. The molecule has 3 rings (SSSR count). The van der Waals surface area contributed by atoms with Crippen LogP contribution in [-0.4, -0.2) is 21.7 Å². The fourth-order valence-electron chi connectivity index (χ4n) is 2.00. The molecular weight excluding hydrogens is 382 g/mol. The van der Waals surface area contributed by atoms with Crippen molar-refractivity contribution >= 4 is 63.6 Å². The van der Waals surface area contributed by atoms with Crippen LogP contribution in [0.5, 0.6) is 0 Å². The number of rotatable bonds is 5. The summed E-state index contributed by atoms with van der Waals surface area (Å²) in [6.45, 7) is 4.05. The van der Waals surface area contributed by atoms with E-state index in [9.17, 15) is 4.79 Å². The summed E-state index contributed by atoms with van der Waals surface area (Å²) in [7, 11) is 0. The van der Waals surface area contributed by atoms with Crippen molar-refractivity contribution in [3.63, 3.8) is 0 Å². The van der Waals surface area contributed by atoms with Crippen molar-refractivity contribution < 1.29 is 9.21 Å². The number of halogens is 1. The average molecular weight is 394 g/mol. The second-order valence-corrected chi connectivity index (χ2v) is 7.98. The first kappa shape index (κ1) is 17.4. The molecule has 1 aliphatic heterocycles. The van der Waals surface area contributed by atoms with E-state index in [0.717, 1.165) is 9.99 Å². The van der Waals surface area contributed by atoms with Crippen LogP contribution in [0.25, 0.3) is 6.08 Å². The molecule has 0 aliphatic carbocycles. The van der Waals surface area contributed by atoms with Gasteiger partial charge in [0.1, 0.15) is 10.1 Å². The molecule has 0 atom stereocenters. The topological polar surface area (TPSA) is 33.5 Å². The number of hydrogen-bond acceptors (Lipinski definition) is 5. The van der Waals surface area contributed by atoms with Crippen molar-refractivity contribution in [1.29, 1.82) is 0 Å². The molecule has 0 bridgehead atoms. The lowest BCUT2D eigenvalue weighted by Gasteiger charge is -2.10. The Morgan fingerprint density at radius 1 is 1.29 bits per heavy atom. The van der Waals surface area contributed by atoms with E-state index < -0.39 is 0 Å². The molecule has 1 aromatic heterocycles. The molecule has 1 aliphatic rings. The van der Waals surface area contributed by atoms with Gasteiger partial charge in [-0.2, -0.15) is 0 Å². The standard InChI is InChI=1S/C17H12ClNO2S3/c1-2-9-19-16(20)14(24-17(19)22)10-12-5-8-15(21-12)23-13-6-3-11(18)4-7-13/h2-8,10H,1,9H2/b14-10+. The van der Waals surface area contributed by atoms with Gasteiger partial charge in [0.2, 0.25) is 0 Å². The van der Waals surface area contributed by atoms with Crippen molar-refractivity contribution in [2.24, 2.45) is 0 Å². The summed E-state index contributed by atoms with van der Waals surface area (Å²) in [5.74, 6) is 0.499. The van der Waals surface area contributed by atoms with E-state index in [2.05, 4.69) is 6.58 Å². The van der Waals surface area contributed by atoms with E-state index in [1.165, 1.54) is 28.4 Å². The molecule has 7 heteroatoms. The van der Waals surface area contributed by atoms with Crippen LogP contribution in [0.4, 0.5) is 0 Å². The lowest BCUT2D eigenvalue weighted by molar-refractivity contribution is -0.121. The molecule has 2 aromatic rings. The number of carbonyl (C=O) groups excluding carboxylic acids is 1. The van der Waals surface area contributed by atoms with Crippen molar-refractivity contribution in [1.82, 2.24) is 4.90 Å². The molecule has 0 unspecified atom stereocenters. The molecule has 1 fully saturated rings. The van der Waals surface area contributed by atoms with E-state index in [1.54, 1.807) is 12.2 Å². The monoisotopic (exact) mass is 393 g/mol. The minimum Gasteiger partial charge on any atom is -0.450 e. The summed E-state index contributed by atoms with van der Waals surface area (Å²) < 4.78 is 6.30.